The van der Waals surface area contributed by atoms with E-state index in [1.807, 2.05) is 0 Å². The van der Waals surface area contributed by atoms with Gasteiger partial charge in [0.25, 0.3) is 0 Å². The summed E-state index contributed by atoms with van der Waals surface area (Å²) in [5.41, 5.74) is 9.72. The summed E-state index contributed by atoms with van der Waals surface area (Å²) in [5.74, 6) is 0.831. The second-order valence-electron chi connectivity index (χ2n) is 7.58. The Morgan fingerprint density at radius 1 is 1.12 bits per heavy atom. The number of likely N-dealkylation sites (tertiary alicyclic amines) is 1. The molecular weight excluding hydrogens is 338 g/mol. The number of fused-ring (bicyclic) bond motifs is 1. The van der Waals surface area contributed by atoms with Crippen LogP contribution in [-0.4, -0.2) is 29.0 Å². The van der Waals surface area contributed by atoms with E-state index in [-0.39, 0.29) is 0 Å². The topological polar surface area (TPSA) is 42.1 Å². The lowest BCUT2D eigenvalue weighted by molar-refractivity contribution is 0.140. The number of nitrogens with zero attached hydrogens (tertiary/aromatic N) is 2. The van der Waals surface area contributed by atoms with Gasteiger partial charge < -0.3 is 10.6 Å². The number of nitrogens with two attached hydrogens (primary N) is 1. The van der Waals surface area contributed by atoms with E-state index < -0.39 is 0 Å². The first-order valence-electron chi connectivity index (χ1n) is 9.60. The Hall–Kier alpha value is -1.91. The summed E-state index contributed by atoms with van der Waals surface area (Å²) in [6.07, 6.45) is 4.94. The second-order valence-corrected chi connectivity index (χ2v) is 8.64. The van der Waals surface area contributed by atoms with Crippen molar-refractivity contribution in [1.82, 2.24) is 9.88 Å². The molecule has 1 aliphatic rings. The monoisotopic (exact) mass is 365 g/mol. The quantitative estimate of drug-likeness (QED) is 0.708. The lowest BCUT2D eigenvalue weighted by Gasteiger charge is -2.36. The van der Waals surface area contributed by atoms with Gasteiger partial charge in [0.1, 0.15) is 0 Å². The Kier molecular flexibility index (Phi) is 5.23. The van der Waals surface area contributed by atoms with Crippen molar-refractivity contribution >= 4 is 26.7 Å². The highest BCUT2D eigenvalue weighted by molar-refractivity contribution is 7.22. The Balaban J connectivity index is 1.32. The standard InChI is InChI=1S/C22H27N3S/c1-16(13-19-7-8-20-21(15-19)26-22(23)24-20)25-11-9-18(10-12-25)14-17-5-3-2-4-6-17/h2-8,15-16,18H,9-14H2,1H3,(H2,23,24). The van der Waals surface area contributed by atoms with Gasteiger partial charge in [-0.05, 0) is 74.9 Å². The van der Waals surface area contributed by atoms with Crippen LogP contribution in [0.5, 0.6) is 0 Å². The number of rotatable bonds is 5. The smallest absolute Gasteiger partial charge is 0.181 e. The van der Waals surface area contributed by atoms with Gasteiger partial charge in [-0.25, -0.2) is 4.98 Å². The molecule has 1 saturated heterocycles. The molecule has 1 fully saturated rings. The van der Waals surface area contributed by atoms with E-state index in [1.54, 1.807) is 11.3 Å². The van der Waals surface area contributed by atoms with Crippen LogP contribution in [0, 0.1) is 5.92 Å². The van der Waals surface area contributed by atoms with Gasteiger partial charge in [0.2, 0.25) is 0 Å². The number of hydrogen-bond acceptors (Lipinski definition) is 4. The third-order valence-corrected chi connectivity index (χ3v) is 6.49. The highest BCUT2D eigenvalue weighted by atomic mass is 32.1. The molecule has 1 aromatic heterocycles. The Labute approximate surface area is 159 Å². The molecule has 4 heteroatoms. The molecule has 26 heavy (non-hydrogen) atoms. The van der Waals surface area contributed by atoms with E-state index in [0.29, 0.717) is 11.2 Å². The van der Waals surface area contributed by atoms with Crippen molar-refractivity contribution in [3.63, 3.8) is 0 Å². The van der Waals surface area contributed by atoms with Crippen molar-refractivity contribution < 1.29 is 0 Å². The van der Waals surface area contributed by atoms with Gasteiger partial charge in [0.15, 0.2) is 5.13 Å². The van der Waals surface area contributed by atoms with Gasteiger partial charge in [-0.1, -0.05) is 47.7 Å². The van der Waals surface area contributed by atoms with Crippen molar-refractivity contribution in [3.8, 4) is 0 Å². The molecule has 2 aromatic carbocycles. The summed E-state index contributed by atoms with van der Waals surface area (Å²) >= 11 is 1.58. The predicted molar refractivity (Wildman–Crippen MR) is 112 cm³/mol. The number of piperidine rings is 1. The average Bonchev–Trinajstić information content (AvgIpc) is 3.02. The first kappa shape index (κ1) is 17.5. The van der Waals surface area contributed by atoms with Gasteiger partial charge in [-0.15, -0.1) is 0 Å². The Morgan fingerprint density at radius 2 is 1.88 bits per heavy atom. The number of thiazole rings is 1. The highest BCUT2D eigenvalue weighted by Gasteiger charge is 2.23. The largest absolute Gasteiger partial charge is 0.375 e. The molecule has 2 N–H and O–H groups in total. The van der Waals surface area contributed by atoms with Crippen LogP contribution in [0.1, 0.15) is 30.9 Å². The fourth-order valence-corrected chi connectivity index (χ4v) is 4.93. The molecule has 136 valence electrons. The zero-order valence-corrected chi connectivity index (χ0v) is 16.2. The molecule has 0 spiro atoms. The number of aromatic nitrogens is 1. The Bertz CT molecular complexity index is 850. The van der Waals surface area contributed by atoms with E-state index in [9.17, 15) is 0 Å². The van der Waals surface area contributed by atoms with Crippen molar-refractivity contribution in [2.75, 3.05) is 18.8 Å². The van der Waals surface area contributed by atoms with E-state index in [4.69, 9.17) is 5.73 Å². The zero-order chi connectivity index (χ0) is 17.9. The van der Waals surface area contributed by atoms with Crippen LogP contribution >= 0.6 is 11.3 Å². The molecule has 1 aliphatic heterocycles. The second kappa shape index (κ2) is 7.77. The molecule has 0 aliphatic carbocycles. The summed E-state index contributed by atoms with van der Waals surface area (Å²) in [6.45, 7) is 4.80. The molecule has 4 rings (SSSR count). The van der Waals surface area contributed by atoms with Crippen LogP contribution in [-0.2, 0) is 12.8 Å². The van der Waals surface area contributed by atoms with Gasteiger partial charge in [-0.3, -0.25) is 0 Å². The van der Waals surface area contributed by atoms with E-state index in [0.717, 1.165) is 17.9 Å². The molecular formula is C22H27N3S. The van der Waals surface area contributed by atoms with Crippen molar-refractivity contribution in [2.45, 2.75) is 38.6 Å². The molecule has 1 atom stereocenters. The van der Waals surface area contributed by atoms with Gasteiger partial charge in [0.05, 0.1) is 10.2 Å². The minimum absolute atomic E-state index is 0.579. The van der Waals surface area contributed by atoms with Crippen molar-refractivity contribution in [1.29, 1.82) is 0 Å². The fraction of sp³-hybridized carbons (Fsp3) is 0.409. The zero-order valence-electron chi connectivity index (χ0n) is 15.4. The molecule has 2 heterocycles. The maximum Gasteiger partial charge on any atom is 0.181 e. The molecule has 0 saturated carbocycles. The van der Waals surface area contributed by atoms with Crippen LogP contribution in [0.4, 0.5) is 5.13 Å². The normalized spacial score (nSPS) is 17.6. The van der Waals surface area contributed by atoms with Gasteiger partial charge in [0, 0.05) is 6.04 Å². The summed E-state index contributed by atoms with van der Waals surface area (Å²) in [6, 6.07) is 18.1. The minimum atomic E-state index is 0.579. The highest BCUT2D eigenvalue weighted by Crippen LogP contribution is 2.27. The van der Waals surface area contributed by atoms with Crippen molar-refractivity contribution in [2.24, 2.45) is 5.92 Å². The maximum atomic E-state index is 5.83. The third-order valence-electron chi connectivity index (χ3n) is 5.64. The maximum absolute atomic E-state index is 5.83. The van der Waals surface area contributed by atoms with Gasteiger partial charge >= 0.3 is 0 Å². The number of benzene rings is 2. The van der Waals surface area contributed by atoms with Crippen molar-refractivity contribution in [3.05, 3.63) is 59.7 Å². The molecule has 0 bridgehead atoms. The third kappa shape index (κ3) is 4.08. The molecule has 3 aromatic rings. The number of hydrogen-bond donors (Lipinski definition) is 1. The van der Waals surface area contributed by atoms with E-state index in [2.05, 4.69) is 65.3 Å². The van der Waals surface area contributed by atoms with Crippen LogP contribution in [0.3, 0.4) is 0 Å². The SMILES string of the molecule is CC(Cc1ccc2nc(N)sc2c1)N1CCC(Cc2ccccc2)CC1. The van der Waals surface area contributed by atoms with Crippen LogP contribution in [0.25, 0.3) is 10.2 Å². The lowest BCUT2D eigenvalue weighted by atomic mass is 9.89. The lowest BCUT2D eigenvalue weighted by Crippen LogP contribution is -2.41. The van der Waals surface area contributed by atoms with E-state index in [1.165, 1.54) is 48.2 Å². The number of anilines is 1. The van der Waals surface area contributed by atoms with Gasteiger partial charge in [-0.2, -0.15) is 0 Å². The average molecular weight is 366 g/mol. The number of nitrogen functional groups attached to an aromatic ring is 1. The van der Waals surface area contributed by atoms with E-state index >= 15 is 0 Å². The first-order chi connectivity index (χ1) is 12.7. The van der Waals surface area contributed by atoms with Crippen LogP contribution in [0.15, 0.2) is 48.5 Å². The summed E-state index contributed by atoms with van der Waals surface area (Å²) in [7, 11) is 0. The first-order valence-corrected chi connectivity index (χ1v) is 10.4. The Morgan fingerprint density at radius 3 is 2.65 bits per heavy atom. The van der Waals surface area contributed by atoms with Crippen LogP contribution in [0.2, 0.25) is 0 Å². The molecule has 0 amide bonds. The summed E-state index contributed by atoms with van der Waals surface area (Å²) in [4.78, 5) is 7.01. The predicted octanol–water partition coefficient (Wildman–Crippen LogP) is 4.76. The fourth-order valence-electron chi connectivity index (χ4n) is 4.13. The van der Waals surface area contributed by atoms with Crippen LogP contribution < -0.4 is 5.73 Å². The molecule has 1 unspecified atom stereocenters. The minimum Gasteiger partial charge on any atom is -0.375 e. The molecule has 0 radical (unpaired) electrons. The summed E-state index contributed by atoms with van der Waals surface area (Å²) in [5, 5.41) is 0.658. The summed E-state index contributed by atoms with van der Waals surface area (Å²) < 4.78 is 1.20. The molecule has 3 nitrogen and oxygen atoms in total.